The van der Waals surface area contributed by atoms with E-state index in [1.54, 1.807) is 17.3 Å². The van der Waals surface area contributed by atoms with Crippen LogP contribution >= 0.6 is 0 Å². The van der Waals surface area contributed by atoms with Crippen molar-refractivity contribution in [2.45, 2.75) is 13.0 Å². The quantitative estimate of drug-likeness (QED) is 0.702. The summed E-state index contributed by atoms with van der Waals surface area (Å²) in [4.78, 5) is 30.6. The average molecular weight is 387 g/mol. The molecule has 2 heterocycles. The van der Waals surface area contributed by atoms with Gasteiger partial charge in [0.1, 0.15) is 11.5 Å². The zero-order chi connectivity index (χ0) is 20.1. The maximum Gasteiger partial charge on any atom is 0.227 e. The minimum absolute atomic E-state index is 0.0525. The Morgan fingerprint density at radius 2 is 1.79 bits per heavy atom. The highest BCUT2D eigenvalue weighted by atomic mass is 16.5. The standard InChI is InChI=1S/C23H21N3O3/c27-22-13-18(23(28)25-15-17-5-4-12-24-14-17)16-26(22)19-8-10-21(11-9-19)29-20-6-2-1-3-7-20/h1-12,14,18H,13,15-16H2,(H,25,28)/t18-/m1/s1. The van der Waals surface area contributed by atoms with E-state index in [9.17, 15) is 9.59 Å². The molecule has 0 spiro atoms. The first kappa shape index (κ1) is 18.7. The summed E-state index contributed by atoms with van der Waals surface area (Å²) < 4.78 is 5.78. The fourth-order valence-electron chi connectivity index (χ4n) is 3.29. The van der Waals surface area contributed by atoms with Crippen molar-refractivity contribution < 1.29 is 14.3 Å². The molecule has 6 nitrogen and oxygen atoms in total. The van der Waals surface area contributed by atoms with Gasteiger partial charge in [-0.1, -0.05) is 24.3 Å². The highest BCUT2D eigenvalue weighted by molar-refractivity contribution is 6.00. The van der Waals surface area contributed by atoms with Gasteiger partial charge in [-0.2, -0.15) is 0 Å². The number of rotatable bonds is 6. The molecule has 1 atom stereocenters. The molecule has 4 rings (SSSR count). The van der Waals surface area contributed by atoms with Crippen molar-refractivity contribution in [2.24, 2.45) is 5.92 Å². The maximum absolute atomic E-state index is 12.5. The molecule has 2 aromatic carbocycles. The van der Waals surface area contributed by atoms with Gasteiger partial charge in [0.05, 0.1) is 5.92 Å². The molecule has 0 aliphatic carbocycles. The van der Waals surface area contributed by atoms with Gasteiger partial charge in [0.15, 0.2) is 0 Å². The first-order chi connectivity index (χ1) is 14.2. The largest absolute Gasteiger partial charge is 0.457 e. The van der Waals surface area contributed by atoms with E-state index in [0.717, 1.165) is 17.0 Å². The lowest BCUT2D eigenvalue weighted by Crippen LogP contribution is -2.32. The second kappa shape index (κ2) is 8.56. The van der Waals surface area contributed by atoms with Gasteiger partial charge in [0, 0.05) is 37.6 Å². The van der Waals surface area contributed by atoms with E-state index in [0.29, 0.717) is 18.8 Å². The van der Waals surface area contributed by atoms with Crippen molar-refractivity contribution in [3.63, 3.8) is 0 Å². The number of hydrogen-bond donors (Lipinski definition) is 1. The van der Waals surface area contributed by atoms with Crippen LogP contribution in [0.15, 0.2) is 79.1 Å². The number of aromatic nitrogens is 1. The predicted octanol–water partition coefficient (Wildman–Crippen LogP) is 3.54. The van der Waals surface area contributed by atoms with E-state index < -0.39 is 0 Å². The maximum atomic E-state index is 12.5. The number of nitrogens with zero attached hydrogens (tertiary/aromatic N) is 2. The Kier molecular flexibility index (Phi) is 5.52. The van der Waals surface area contributed by atoms with Gasteiger partial charge in [-0.15, -0.1) is 0 Å². The molecule has 1 aliphatic heterocycles. The van der Waals surface area contributed by atoms with Crippen molar-refractivity contribution in [3.8, 4) is 11.5 Å². The highest BCUT2D eigenvalue weighted by Crippen LogP contribution is 2.28. The zero-order valence-electron chi connectivity index (χ0n) is 15.8. The first-order valence-electron chi connectivity index (χ1n) is 9.49. The van der Waals surface area contributed by atoms with E-state index in [-0.39, 0.29) is 24.2 Å². The number of ether oxygens (including phenoxy) is 1. The summed E-state index contributed by atoms with van der Waals surface area (Å²) in [6.45, 7) is 0.777. The minimum atomic E-state index is -0.362. The number of amides is 2. The lowest BCUT2D eigenvalue weighted by atomic mass is 10.1. The molecule has 3 aromatic rings. The van der Waals surface area contributed by atoms with Crippen molar-refractivity contribution in [3.05, 3.63) is 84.7 Å². The van der Waals surface area contributed by atoms with Crippen LogP contribution < -0.4 is 15.0 Å². The molecular formula is C23H21N3O3. The molecule has 6 heteroatoms. The van der Waals surface area contributed by atoms with Gasteiger partial charge in [0.25, 0.3) is 0 Å². The van der Waals surface area contributed by atoms with Crippen molar-refractivity contribution >= 4 is 17.5 Å². The SMILES string of the molecule is O=C(NCc1cccnc1)[C@@H]1CC(=O)N(c2ccc(Oc3ccccc3)cc2)C1. The van der Waals surface area contributed by atoms with Crippen LogP contribution in [0, 0.1) is 5.92 Å². The Balaban J connectivity index is 1.35. The number of anilines is 1. The number of para-hydroxylation sites is 1. The number of carbonyl (C=O) groups is 2. The molecule has 1 saturated heterocycles. The van der Waals surface area contributed by atoms with E-state index in [2.05, 4.69) is 10.3 Å². The van der Waals surface area contributed by atoms with E-state index in [4.69, 9.17) is 4.74 Å². The molecule has 1 aliphatic rings. The van der Waals surface area contributed by atoms with Gasteiger partial charge in [-0.25, -0.2) is 0 Å². The third kappa shape index (κ3) is 4.60. The van der Waals surface area contributed by atoms with Crippen molar-refractivity contribution in [2.75, 3.05) is 11.4 Å². The van der Waals surface area contributed by atoms with Crippen LogP contribution in [0.25, 0.3) is 0 Å². The van der Waals surface area contributed by atoms with Gasteiger partial charge in [0.2, 0.25) is 11.8 Å². The zero-order valence-corrected chi connectivity index (χ0v) is 15.8. The normalized spacial score (nSPS) is 15.9. The van der Waals surface area contributed by atoms with Crippen LogP contribution in [0.1, 0.15) is 12.0 Å². The monoisotopic (exact) mass is 387 g/mol. The molecule has 29 heavy (non-hydrogen) atoms. The highest BCUT2D eigenvalue weighted by Gasteiger charge is 2.35. The molecule has 1 N–H and O–H groups in total. The van der Waals surface area contributed by atoms with E-state index in [1.807, 2.05) is 66.7 Å². The van der Waals surface area contributed by atoms with Crippen LogP contribution in [-0.2, 0) is 16.1 Å². The Bertz CT molecular complexity index is 975. The molecular weight excluding hydrogens is 366 g/mol. The van der Waals surface area contributed by atoms with Crippen molar-refractivity contribution in [1.29, 1.82) is 0 Å². The Morgan fingerprint density at radius 3 is 2.52 bits per heavy atom. The lowest BCUT2D eigenvalue weighted by molar-refractivity contribution is -0.126. The van der Waals surface area contributed by atoms with Gasteiger partial charge in [-0.05, 0) is 48.0 Å². The number of carbonyl (C=O) groups excluding carboxylic acids is 2. The van der Waals surface area contributed by atoms with E-state index >= 15 is 0 Å². The molecule has 2 amide bonds. The average Bonchev–Trinajstić information content (AvgIpc) is 3.16. The smallest absolute Gasteiger partial charge is 0.227 e. The van der Waals surface area contributed by atoms with Crippen molar-refractivity contribution in [1.82, 2.24) is 10.3 Å². The topological polar surface area (TPSA) is 71.5 Å². The minimum Gasteiger partial charge on any atom is -0.457 e. The second-order valence-corrected chi connectivity index (χ2v) is 6.89. The van der Waals surface area contributed by atoms with Crippen LogP contribution in [0.5, 0.6) is 11.5 Å². The van der Waals surface area contributed by atoms with Crippen LogP contribution in [-0.4, -0.2) is 23.3 Å². The Morgan fingerprint density at radius 1 is 1.03 bits per heavy atom. The summed E-state index contributed by atoms with van der Waals surface area (Å²) in [5.41, 5.74) is 1.69. The predicted molar refractivity (Wildman–Crippen MR) is 110 cm³/mol. The van der Waals surface area contributed by atoms with Crippen LogP contribution in [0.4, 0.5) is 5.69 Å². The van der Waals surface area contributed by atoms with Crippen LogP contribution in [0.2, 0.25) is 0 Å². The molecule has 0 unspecified atom stereocenters. The molecule has 0 radical (unpaired) electrons. The number of pyridine rings is 1. The molecule has 146 valence electrons. The molecule has 1 fully saturated rings. The molecule has 1 aromatic heterocycles. The molecule has 0 saturated carbocycles. The summed E-state index contributed by atoms with van der Waals surface area (Å²) in [6, 6.07) is 20.6. The third-order valence-corrected chi connectivity index (χ3v) is 4.81. The number of nitrogens with one attached hydrogen (secondary N) is 1. The summed E-state index contributed by atoms with van der Waals surface area (Å²) in [5.74, 6) is 0.914. The van der Waals surface area contributed by atoms with Gasteiger partial charge in [-0.3, -0.25) is 14.6 Å². The van der Waals surface area contributed by atoms with Gasteiger partial charge >= 0.3 is 0 Å². The first-order valence-corrected chi connectivity index (χ1v) is 9.49. The number of hydrogen-bond acceptors (Lipinski definition) is 4. The fraction of sp³-hybridized carbons (Fsp3) is 0.174. The Hall–Kier alpha value is -3.67. The number of benzene rings is 2. The summed E-state index contributed by atoms with van der Waals surface area (Å²) >= 11 is 0. The van der Waals surface area contributed by atoms with Crippen LogP contribution in [0.3, 0.4) is 0 Å². The third-order valence-electron chi connectivity index (χ3n) is 4.81. The summed E-state index contributed by atoms with van der Waals surface area (Å²) in [5, 5.41) is 2.89. The lowest BCUT2D eigenvalue weighted by Gasteiger charge is -2.17. The van der Waals surface area contributed by atoms with Gasteiger partial charge < -0.3 is 15.0 Å². The van der Waals surface area contributed by atoms with E-state index in [1.165, 1.54) is 0 Å². The molecule has 0 bridgehead atoms. The summed E-state index contributed by atoms with van der Waals surface area (Å²) in [6.07, 6.45) is 3.61. The second-order valence-electron chi connectivity index (χ2n) is 6.89. The fourth-order valence-corrected chi connectivity index (χ4v) is 3.29. The Labute approximate surface area is 169 Å². The summed E-state index contributed by atoms with van der Waals surface area (Å²) in [7, 11) is 0.